The number of benzene rings is 3. The highest BCUT2D eigenvalue weighted by molar-refractivity contribution is 6.30. The first-order valence-electron chi connectivity index (χ1n) is 12.0. The van der Waals surface area contributed by atoms with Gasteiger partial charge in [0.15, 0.2) is 11.5 Å². The van der Waals surface area contributed by atoms with Gasteiger partial charge in [-0.25, -0.2) is 4.79 Å². The standard InChI is InChI=1S/C28H28ClN3O4/c1-17(2)36-25-16-23-19(14-24(25)35-3)15-26(33)32(27(23)18-4-6-20(29)7-5-18)22-10-8-21(9-11-22)31-13-12-30-28(31)34/h4-11,14,16-17,27H,12-13,15H2,1-3H3,(H,30,34). The molecule has 2 heterocycles. The number of hydrogen-bond acceptors (Lipinski definition) is 4. The molecule has 1 unspecified atom stereocenters. The summed E-state index contributed by atoms with van der Waals surface area (Å²) in [6.45, 7) is 5.16. The summed E-state index contributed by atoms with van der Waals surface area (Å²) >= 11 is 6.19. The Balaban J connectivity index is 1.62. The number of rotatable bonds is 6. The molecule has 0 aliphatic carbocycles. The van der Waals surface area contributed by atoms with Crippen LogP contribution >= 0.6 is 11.6 Å². The van der Waals surface area contributed by atoms with Crippen LogP contribution in [0.15, 0.2) is 60.7 Å². The van der Waals surface area contributed by atoms with Crippen LogP contribution in [0.4, 0.5) is 16.2 Å². The Labute approximate surface area is 215 Å². The smallest absolute Gasteiger partial charge is 0.321 e. The van der Waals surface area contributed by atoms with Crippen LogP contribution in [0, 0.1) is 0 Å². The molecule has 0 spiro atoms. The minimum Gasteiger partial charge on any atom is -0.493 e. The van der Waals surface area contributed by atoms with Crippen LogP contribution in [0.1, 0.15) is 36.6 Å². The van der Waals surface area contributed by atoms with Crippen LogP contribution in [-0.4, -0.2) is 38.2 Å². The van der Waals surface area contributed by atoms with Gasteiger partial charge in [-0.05, 0) is 79.1 Å². The molecule has 7 nitrogen and oxygen atoms in total. The van der Waals surface area contributed by atoms with Gasteiger partial charge >= 0.3 is 6.03 Å². The average Bonchev–Trinajstić information content (AvgIpc) is 3.29. The number of nitrogens with zero attached hydrogens (tertiary/aromatic N) is 2. The first-order chi connectivity index (χ1) is 17.4. The molecule has 1 saturated heterocycles. The summed E-state index contributed by atoms with van der Waals surface area (Å²) in [7, 11) is 1.60. The van der Waals surface area contributed by atoms with Crippen molar-refractivity contribution >= 4 is 34.9 Å². The second kappa shape index (κ2) is 9.74. The molecule has 0 bridgehead atoms. The first kappa shape index (κ1) is 24.0. The SMILES string of the molecule is COc1cc2c(cc1OC(C)C)C(c1ccc(Cl)cc1)N(c1ccc(N3CCNC3=O)cc1)C(=O)C2. The van der Waals surface area contributed by atoms with Gasteiger partial charge in [0.1, 0.15) is 0 Å². The number of carbonyl (C=O) groups is 2. The Morgan fingerprint density at radius 1 is 0.972 bits per heavy atom. The molecular formula is C28H28ClN3O4. The van der Waals surface area contributed by atoms with Gasteiger partial charge in [0.05, 0.1) is 25.7 Å². The number of halogens is 1. The molecule has 1 N–H and O–H groups in total. The van der Waals surface area contributed by atoms with Crippen LogP contribution in [0.5, 0.6) is 11.5 Å². The van der Waals surface area contributed by atoms with Crippen molar-refractivity contribution in [2.24, 2.45) is 0 Å². The van der Waals surface area contributed by atoms with Gasteiger partial charge in [-0.15, -0.1) is 0 Å². The molecular weight excluding hydrogens is 478 g/mol. The van der Waals surface area contributed by atoms with Gasteiger partial charge in [-0.2, -0.15) is 0 Å². The van der Waals surface area contributed by atoms with E-state index >= 15 is 0 Å². The Hall–Kier alpha value is -3.71. The highest BCUT2D eigenvalue weighted by Gasteiger charge is 2.36. The van der Waals surface area contributed by atoms with Crippen molar-refractivity contribution in [1.29, 1.82) is 0 Å². The molecule has 1 atom stereocenters. The van der Waals surface area contributed by atoms with Crippen molar-refractivity contribution in [3.8, 4) is 11.5 Å². The third-order valence-corrected chi connectivity index (χ3v) is 6.69. The van der Waals surface area contributed by atoms with Crippen molar-refractivity contribution in [2.45, 2.75) is 32.4 Å². The molecule has 3 aromatic carbocycles. The zero-order chi connectivity index (χ0) is 25.4. The van der Waals surface area contributed by atoms with E-state index in [1.54, 1.807) is 12.0 Å². The fourth-order valence-corrected chi connectivity index (χ4v) is 4.97. The molecule has 0 aromatic heterocycles. The number of urea groups is 1. The summed E-state index contributed by atoms with van der Waals surface area (Å²) < 4.78 is 11.6. The lowest BCUT2D eigenvalue weighted by atomic mass is 9.86. The van der Waals surface area contributed by atoms with Gasteiger partial charge < -0.3 is 19.7 Å². The molecule has 0 saturated carbocycles. The van der Waals surface area contributed by atoms with Crippen molar-refractivity contribution in [2.75, 3.05) is 30.0 Å². The predicted molar refractivity (Wildman–Crippen MR) is 140 cm³/mol. The van der Waals surface area contributed by atoms with Crippen molar-refractivity contribution in [1.82, 2.24) is 5.32 Å². The largest absolute Gasteiger partial charge is 0.493 e. The van der Waals surface area contributed by atoms with E-state index < -0.39 is 0 Å². The monoisotopic (exact) mass is 505 g/mol. The minimum atomic E-state index is -0.389. The molecule has 3 amide bonds. The van der Waals surface area contributed by atoms with Gasteiger partial charge in [0.2, 0.25) is 5.91 Å². The fourth-order valence-electron chi connectivity index (χ4n) is 4.84. The number of ether oxygens (including phenoxy) is 2. The maximum absolute atomic E-state index is 13.6. The number of hydrogen-bond donors (Lipinski definition) is 1. The summed E-state index contributed by atoms with van der Waals surface area (Å²) in [5, 5.41) is 3.44. The molecule has 1 fully saturated rings. The third-order valence-electron chi connectivity index (χ3n) is 6.43. The van der Waals surface area contributed by atoms with Crippen LogP contribution in [-0.2, 0) is 11.2 Å². The van der Waals surface area contributed by atoms with Crippen LogP contribution in [0.25, 0.3) is 0 Å². The minimum absolute atomic E-state index is 0.0336. The highest BCUT2D eigenvalue weighted by Crippen LogP contribution is 2.44. The predicted octanol–water partition coefficient (Wildman–Crippen LogP) is 5.34. The van der Waals surface area contributed by atoms with Crippen molar-refractivity contribution in [3.63, 3.8) is 0 Å². The highest BCUT2D eigenvalue weighted by atomic mass is 35.5. The topological polar surface area (TPSA) is 71.1 Å². The molecule has 186 valence electrons. The lowest BCUT2D eigenvalue weighted by Gasteiger charge is -2.38. The Bertz CT molecular complexity index is 1290. The van der Waals surface area contributed by atoms with E-state index in [-0.39, 0.29) is 30.5 Å². The second-order valence-electron chi connectivity index (χ2n) is 9.16. The fraction of sp³-hybridized carbons (Fsp3) is 0.286. The van der Waals surface area contributed by atoms with Crippen LogP contribution in [0.2, 0.25) is 5.02 Å². The third kappa shape index (κ3) is 4.46. The van der Waals surface area contributed by atoms with E-state index in [0.29, 0.717) is 29.6 Å². The second-order valence-corrected chi connectivity index (χ2v) is 9.60. The zero-order valence-corrected chi connectivity index (χ0v) is 21.2. The zero-order valence-electron chi connectivity index (χ0n) is 20.5. The Morgan fingerprint density at radius 3 is 2.28 bits per heavy atom. The lowest BCUT2D eigenvalue weighted by molar-refractivity contribution is -0.118. The normalized spacial score (nSPS) is 17.3. The number of amides is 3. The van der Waals surface area contributed by atoms with Gasteiger partial charge in [0, 0.05) is 29.5 Å². The number of carbonyl (C=O) groups excluding carboxylic acids is 2. The van der Waals surface area contributed by atoms with Crippen molar-refractivity contribution < 1.29 is 19.1 Å². The maximum Gasteiger partial charge on any atom is 0.321 e. The summed E-state index contributed by atoms with van der Waals surface area (Å²) in [5.41, 5.74) is 4.33. The average molecular weight is 506 g/mol. The molecule has 2 aliphatic heterocycles. The molecule has 5 rings (SSSR count). The van der Waals surface area contributed by atoms with E-state index in [2.05, 4.69) is 5.32 Å². The molecule has 8 heteroatoms. The summed E-state index contributed by atoms with van der Waals surface area (Å²) in [6, 6.07) is 18.5. The van der Waals surface area contributed by atoms with E-state index in [1.807, 2.05) is 79.4 Å². The molecule has 0 radical (unpaired) electrons. The lowest BCUT2D eigenvalue weighted by Crippen LogP contribution is -2.41. The number of anilines is 2. The first-order valence-corrected chi connectivity index (χ1v) is 12.3. The maximum atomic E-state index is 13.6. The van der Waals surface area contributed by atoms with E-state index in [4.69, 9.17) is 21.1 Å². The number of methoxy groups -OCH3 is 1. The Kier molecular flexibility index (Phi) is 6.49. The Morgan fingerprint density at radius 2 is 1.67 bits per heavy atom. The quantitative estimate of drug-likeness (QED) is 0.490. The number of fused-ring (bicyclic) bond motifs is 1. The van der Waals surface area contributed by atoms with E-state index in [1.165, 1.54) is 0 Å². The van der Waals surface area contributed by atoms with Crippen molar-refractivity contribution in [3.05, 3.63) is 82.4 Å². The summed E-state index contributed by atoms with van der Waals surface area (Å²) in [4.78, 5) is 29.2. The van der Waals surface area contributed by atoms with Gasteiger partial charge in [-0.3, -0.25) is 9.69 Å². The number of nitrogens with one attached hydrogen (secondary N) is 1. The summed E-state index contributed by atoms with van der Waals surface area (Å²) in [6.07, 6.45) is 0.191. The molecule has 36 heavy (non-hydrogen) atoms. The molecule has 2 aliphatic rings. The van der Waals surface area contributed by atoms with Gasteiger partial charge in [-0.1, -0.05) is 23.7 Å². The summed E-state index contributed by atoms with van der Waals surface area (Å²) in [5.74, 6) is 1.20. The molecule has 3 aromatic rings. The van der Waals surface area contributed by atoms with Crippen LogP contribution in [0.3, 0.4) is 0 Å². The van der Waals surface area contributed by atoms with Crippen LogP contribution < -0.4 is 24.6 Å². The van der Waals surface area contributed by atoms with E-state index in [9.17, 15) is 9.59 Å². The van der Waals surface area contributed by atoms with E-state index in [0.717, 1.165) is 28.1 Å². The van der Waals surface area contributed by atoms with Gasteiger partial charge in [0.25, 0.3) is 0 Å².